The van der Waals surface area contributed by atoms with Crippen LogP contribution < -0.4 is 5.32 Å². The third kappa shape index (κ3) is 6.92. The molecule has 0 radical (unpaired) electrons. The van der Waals surface area contributed by atoms with Crippen LogP contribution in [0.1, 0.15) is 39.2 Å². The minimum absolute atomic E-state index is 0.0366. The topological polar surface area (TPSA) is 84.9 Å². The van der Waals surface area contributed by atoms with Crippen LogP contribution in [0.4, 0.5) is 9.59 Å². The Morgan fingerprint density at radius 2 is 1.85 bits per heavy atom. The fraction of sp³-hybridized carbons (Fsp3) is 0.550. The van der Waals surface area contributed by atoms with Crippen molar-refractivity contribution in [2.45, 2.75) is 51.9 Å². The van der Waals surface area contributed by atoms with Gasteiger partial charge in [-0.15, -0.1) is 0 Å². The zero-order valence-electron chi connectivity index (χ0n) is 16.1. The second-order valence-electron chi connectivity index (χ2n) is 7.67. The summed E-state index contributed by atoms with van der Waals surface area (Å²) in [5, 5.41) is 2.63. The summed E-state index contributed by atoms with van der Waals surface area (Å²) in [5.74, 6) is -0.0366. The molecule has 7 heteroatoms. The first-order valence-electron chi connectivity index (χ1n) is 9.19. The molecule has 0 bridgehead atoms. The van der Waals surface area contributed by atoms with Crippen LogP contribution in [-0.4, -0.2) is 48.1 Å². The van der Waals surface area contributed by atoms with Gasteiger partial charge in [-0.2, -0.15) is 0 Å². The normalized spacial score (nSPS) is 16.3. The Balaban J connectivity index is 1.78. The first-order chi connectivity index (χ1) is 12.8. The zero-order chi connectivity index (χ0) is 19.9. The zero-order valence-corrected chi connectivity index (χ0v) is 16.1. The second kappa shape index (κ2) is 9.39. The molecule has 0 aliphatic carbocycles. The first kappa shape index (κ1) is 20.7. The number of rotatable bonds is 5. The van der Waals surface area contributed by atoms with Gasteiger partial charge >= 0.3 is 12.2 Å². The molecular weight excluding hydrogens is 348 g/mol. The molecule has 0 aromatic heterocycles. The molecule has 7 nitrogen and oxygen atoms in total. The van der Waals surface area contributed by atoms with Crippen molar-refractivity contribution in [3.63, 3.8) is 0 Å². The summed E-state index contributed by atoms with van der Waals surface area (Å²) in [6.45, 7) is 6.60. The van der Waals surface area contributed by atoms with Gasteiger partial charge in [0.05, 0.1) is 6.04 Å². The number of amides is 2. The van der Waals surface area contributed by atoms with Gasteiger partial charge in [-0.1, -0.05) is 30.3 Å². The van der Waals surface area contributed by atoms with Gasteiger partial charge in [-0.3, -0.25) is 0 Å². The van der Waals surface area contributed by atoms with Crippen LogP contribution in [0.5, 0.6) is 0 Å². The van der Waals surface area contributed by atoms with Crippen LogP contribution in [-0.2, 0) is 20.9 Å². The average Bonchev–Trinajstić information content (AvgIpc) is 2.64. The maximum Gasteiger partial charge on any atom is 0.410 e. The Kier molecular flexibility index (Phi) is 7.21. The molecule has 1 N–H and O–H groups in total. The number of piperidine rings is 1. The van der Waals surface area contributed by atoms with Crippen LogP contribution in [0.15, 0.2) is 30.3 Å². The number of nitrogens with one attached hydrogen (secondary N) is 1. The Bertz CT molecular complexity index is 634. The molecule has 27 heavy (non-hydrogen) atoms. The van der Waals surface area contributed by atoms with Crippen LogP contribution in [0.2, 0.25) is 0 Å². The van der Waals surface area contributed by atoms with Crippen molar-refractivity contribution in [2.24, 2.45) is 5.92 Å². The lowest BCUT2D eigenvalue weighted by atomic mass is 9.90. The number of alkyl carbamates (subject to hydrolysis) is 1. The van der Waals surface area contributed by atoms with Crippen LogP contribution in [0.25, 0.3) is 0 Å². The molecule has 1 heterocycles. The molecule has 1 aliphatic heterocycles. The van der Waals surface area contributed by atoms with E-state index in [2.05, 4.69) is 5.32 Å². The number of carbonyl (C=O) groups is 3. The third-order valence-electron chi connectivity index (χ3n) is 4.34. The fourth-order valence-electron chi connectivity index (χ4n) is 2.93. The summed E-state index contributed by atoms with van der Waals surface area (Å²) in [5.41, 5.74) is 0.338. The fourth-order valence-corrected chi connectivity index (χ4v) is 2.93. The van der Waals surface area contributed by atoms with Crippen LogP contribution in [0.3, 0.4) is 0 Å². The maximum absolute atomic E-state index is 12.1. The standard InChI is InChI=1S/C20H28N2O5/c1-20(2,3)27-19(25)22-11-9-16(10-12-22)17(13-23)21-18(24)26-14-15-7-5-4-6-8-15/h4-8,13,16-17H,9-12,14H2,1-3H3,(H,21,24). The Hall–Kier alpha value is -2.57. The first-order valence-corrected chi connectivity index (χ1v) is 9.19. The quantitative estimate of drug-likeness (QED) is 0.798. The molecule has 1 aromatic carbocycles. The lowest BCUT2D eigenvalue weighted by molar-refractivity contribution is -0.111. The van der Waals surface area contributed by atoms with Gasteiger partial charge in [0.2, 0.25) is 0 Å². The van der Waals surface area contributed by atoms with E-state index in [0.29, 0.717) is 25.9 Å². The predicted octanol–water partition coefficient (Wildman–Crippen LogP) is 3.13. The van der Waals surface area contributed by atoms with E-state index in [1.165, 1.54) is 0 Å². The minimum Gasteiger partial charge on any atom is -0.445 e. The average molecular weight is 376 g/mol. The number of aldehydes is 1. The van der Waals surface area contributed by atoms with Crippen molar-refractivity contribution in [1.82, 2.24) is 10.2 Å². The van der Waals surface area contributed by atoms with E-state index in [-0.39, 0.29) is 18.6 Å². The molecule has 1 aliphatic rings. The number of ether oxygens (including phenoxy) is 2. The van der Waals surface area contributed by atoms with E-state index in [9.17, 15) is 14.4 Å². The Labute approximate surface area is 160 Å². The summed E-state index contributed by atoms with van der Waals surface area (Å²) < 4.78 is 10.5. The smallest absolute Gasteiger partial charge is 0.410 e. The second-order valence-corrected chi connectivity index (χ2v) is 7.67. The summed E-state index contributed by atoms with van der Waals surface area (Å²) >= 11 is 0. The van der Waals surface area contributed by atoms with E-state index in [1.54, 1.807) is 4.90 Å². The van der Waals surface area contributed by atoms with Gasteiger partial charge < -0.3 is 24.5 Å². The van der Waals surface area contributed by atoms with Gasteiger partial charge in [-0.25, -0.2) is 9.59 Å². The molecule has 1 aromatic rings. The van der Waals surface area contributed by atoms with Crippen molar-refractivity contribution >= 4 is 18.5 Å². The molecule has 0 spiro atoms. The van der Waals surface area contributed by atoms with Crippen molar-refractivity contribution in [2.75, 3.05) is 13.1 Å². The van der Waals surface area contributed by atoms with Crippen molar-refractivity contribution in [3.8, 4) is 0 Å². The lowest BCUT2D eigenvalue weighted by Crippen LogP contribution is -2.48. The Morgan fingerprint density at radius 1 is 1.22 bits per heavy atom. The molecule has 148 valence electrons. The van der Waals surface area contributed by atoms with Crippen molar-refractivity contribution < 1.29 is 23.9 Å². The van der Waals surface area contributed by atoms with Crippen molar-refractivity contribution in [1.29, 1.82) is 0 Å². The molecule has 0 saturated carbocycles. The number of benzene rings is 1. The summed E-state index contributed by atoms with van der Waals surface area (Å²) in [7, 11) is 0. The van der Waals surface area contributed by atoms with Crippen molar-refractivity contribution in [3.05, 3.63) is 35.9 Å². The number of nitrogens with zero attached hydrogens (tertiary/aromatic N) is 1. The molecule has 2 rings (SSSR count). The highest BCUT2D eigenvalue weighted by molar-refractivity contribution is 5.73. The molecule has 1 saturated heterocycles. The van der Waals surface area contributed by atoms with Gasteiger partial charge in [0.1, 0.15) is 18.5 Å². The predicted molar refractivity (Wildman–Crippen MR) is 100 cm³/mol. The van der Waals surface area contributed by atoms with Gasteiger partial charge in [0, 0.05) is 13.1 Å². The molecule has 1 unspecified atom stereocenters. The van der Waals surface area contributed by atoms with Gasteiger partial charge in [-0.05, 0) is 45.1 Å². The number of likely N-dealkylation sites (tertiary alicyclic amines) is 1. The lowest BCUT2D eigenvalue weighted by Gasteiger charge is -2.35. The highest BCUT2D eigenvalue weighted by Gasteiger charge is 2.31. The number of hydrogen-bond acceptors (Lipinski definition) is 5. The SMILES string of the molecule is CC(C)(C)OC(=O)N1CCC(C(C=O)NC(=O)OCc2ccccc2)CC1. The van der Waals surface area contributed by atoms with E-state index in [1.807, 2.05) is 51.1 Å². The summed E-state index contributed by atoms with van der Waals surface area (Å²) in [4.78, 5) is 37.2. The third-order valence-corrected chi connectivity index (χ3v) is 4.34. The van der Waals surface area contributed by atoms with E-state index in [0.717, 1.165) is 11.8 Å². The van der Waals surface area contributed by atoms with Gasteiger partial charge in [0.25, 0.3) is 0 Å². The number of carbonyl (C=O) groups excluding carboxylic acids is 3. The highest BCUT2D eigenvalue weighted by atomic mass is 16.6. The van der Waals surface area contributed by atoms with E-state index < -0.39 is 17.7 Å². The van der Waals surface area contributed by atoms with Gasteiger partial charge in [0.15, 0.2) is 0 Å². The molecule has 1 atom stereocenters. The van der Waals surface area contributed by atoms with E-state index >= 15 is 0 Å². The van der Waals surface area contributed by atoms with Crippen LogP contribution >= 0.6 is 0 Å². The summed E-state index contributed by atoms with van der Waals surface area (Å²) in [6.07, 6.45) is 0.991. The molecular formula is C20H28N2O5. The molecule has 1 fully saturated rings. The number of hydrogen-bond donors (Lipinski definition) is 1. The maximum atomic E-state index is 12.1. The Morgan fingerprint density at radius 3 is 2.41 bits per heavy atom. The monoisotopic (exact) mass is 376 g/mol. The van der Waals surface area contributed by atoms with E-state index in [4.69, 9.17) is 9.47 Å². The molecule has 2 amide bonds. The largest absolute Gasteiger partial charge is 0.445 e. The van der Waals surface area contributed by atoms with Crippen LogP contribution in [0, 0.1) is 5.92 Å². The minimum atomic E-state index is -0.631. The summed E-state index contributed by atoms with van der Waals surface area (Å²) in [6, 6.07) is 8.70. The highest BCUT2D eigenvalue weighted by Crippen LogP contribution is 2.22.